The highest BCUT2D eigenvalue weighted by Crippen LogP contribution is 2.31. The molecule has 0 aliphatic rings. The molecule has 0 fully saturated rings. The van der Waals surface area contributed by atoms with E-state index in [1.807, 2.05) is 46.8 Å². The molecule has 2 aromatic rings. The molecule has 1 heterocycles. The lowest BCUT2D eigenvalue weighted by Gasteiger charge is -2.22. The molecule has 112 valence electrons. The highest BCUT2D eigenvalue weighted by molar-refractivity contribution is 5.67. The zero-order valence-corrected chi connectivity index (χ0v) is 13.2. The number of nitrogens with two attached hydrogens (primary N) is 1. The van der Waals surface area contributed by atoms with Gasteiger partial charge in [0.2, 0.25) is 5.88 Å². The molecule has 0 saturated heterocycles. The number of anilines is 2. The molecule has 0 aliphatic carbocycles. The minimum atomic E-state index is -0.139. The fourth-order valence-electron chi connectivity index (χ4n) is 2.02. The monoisotopic (exact) mass is 286 g/mol. The molecule has 21 heavy (non-hydrogen) atoms. The van der Waals surface area contributed by atoms with E-state index in [0.717, 1.165) is 16.9 Å². The quantitative estimate of drug-likeness (QED) is 0.900. The predicted molar refractivity (Wildman–Crippen MR) is 85.8 cm³/mol. The molecule has 0 bridgehead atoms. The number of nitrogens with one attached hydrogen (secondary N) is 1. The first-order valence-corrected chi connectivity index (χ1v) is 6.89. The first-order valence-electron chi connectivity index (χ1n) is 6.89. The van der Waals surface area contributed by atoms with Crippen LogP contribution in [0.2, 0.25) is 0 Å². The minimum absolute atomic E-state index is 0.139. The first-order chi connectivity index (χ1) is 9.74. The largest absolute Gasteiger partial charge is 0.437 e. The van der Waals surface area contributed by atoms with Crippen molar-refractivity contribution in [3.63, 3.8) is 0 Å². The van der Waals surface area contributed by atoms with E-state index in [2.05, 4.69) is 21.4 Å². The van der Waals surface area contributed by atoms with E-state index >= 15 is 0 Å². The standard InChI is InChI=1S/C16H22N4O/c1-10-6-11(2)8-12(7-10)21-15-13(17)14(18-9-19-15)20-16(3,4)5/h6-9H,17H2,1-5H3,(H,18,19,20). The Morgan fingerprint density at radius 3 is 2.24 bits per heavy atom. The van der Waals surface area contributed by atoms with Crippen LogP contribution < -0.4 is 15.8 Å². The summed E-state index contributed by atoms with van der Waals surface area (Å²) in [6.45, 7) is 10.2. The highest BCUT2D eigenvalue weighted by Gasteiger charge is 2.16. The molecule has 0 atom stereocenters. The Bertz CT molecular complexity index is 627. The maximum absolute atomic E-state index is 6.10. The van der Waals surface area contributed by atoms with Gasteiger partial charge in [-0.2, -0.15) is 4.98 Å². The van der Waals surface area contributed by atoms with Gasteiger partial charge in [-0.15, -0.1) is 0 Å². The number of rotatable bonds is 3. The molecule has 5 nitrogen and oxygen atoms in total. The number of aryl methyl sites for hydroxylation is 2. The van der Waals surface area contributed by atoms with Crippen molar-refractivity contribution in [2.75, 3.05) is 11.1 Å². The summed E-state index contributed by atoms with van der Waals surface area (Å²) in [7, 11) is 0. The summed E-state index contributed by atoms with van der Waals surface area (Å²) >= 11 is 0. The van der Waals surface area contributed by atoms with Crippen LogP contribution in [0.4, 0.5) is 11.5 Å². The molecular formula is C16H22N4O. The summed E-state index contributed by atoms with van der Waals surface area (Å²) in [5.41, 5.74) is 8.63. The maximum atomic E-state index is 6.10. The van der Waals surface area contributed by atoms with Gasteiger partial charge in [0.05, 0.1) is 0 Å². The van der Waals surface area contributed by atoms with Crippen molar-refractivity contribution in [1.82, 2.24) is 9.97 Å². The normalized spacial score (nSPS) is 11.3. The van der Waals surface area contributed by atoms with Crippen molar-refractivity contribution in [1.29, 1.82) is 0 Å². The molecule has 0 unspecified atom stereocenters. The zero-order valence-electron chi connectivity index (χ0n) is 13.2. The SMILES string of the molecule is Cc1cc(C)cc(Oc2ncnc(NC(C)(C)C)c2N)c1. The summed E-state index contributed by atoms with van der Waals surface area (Å²) < 4.78 is 5.81. The molecule has 5 heteroatoms. The van der Waals surface area contributed by atoms with E-state index in [0.29, 0.717) is 17.4 Å². The van der Waals surface area contributed by atoms with Gasteiger partial charge in [0, 0.05) is 5.54 Å². The highest BCUT2D eigenvalue weighted by atomic mass is 16.5. The van der Waals surface area contributed by atoms with E-state index in [-0.39, 0.29) is 5.54 Å². The zero-order chi connectivity index (χ0) is 15.6. The van der Waals surface area contributed by atoms with Crippen molar-refractivity contribution >= 4 is 11.5 Å². The van der Waals surface area contributed by atoms with Crippen LogP contribution in [0.5, 0.6) is 11.6 Å². The second-order valence-electron chi connectivity index (χ2n) is 6.24. The van der Waals surface area contributed by atoms with Crippen LogP contribution in [0.25, 0.3) is 0 Å². The van der Waals surface area contributed by atoms with Crippen molar-refractivity contribution in [2.45, 2.75) is 40.2 Å². The minimum Gasteiger partial charge on any atom is -0.437 e. The van der Waals surface area contributed by atoms with Crippen molar-refractivity contribution in [3.05, 3.63) is 35.7 Å². The third-order valence-electron chi connectivity index (χ3n) is 2.75. The Balaban J connectivity index is 2.30. The van der Waals surface area contributed by atoms with Crippen LogP contribution in [0, 0.1) is 13.8 Å². The lowest BCUT2D eigenvalue weighted by atomic mass is 10.1. The molecule has 0 saturated carbocycles. The Kier molecular flexibility index (Phi) is 4.02. The summed E-state index contributed by atoms with van der Waals surface area (Å²) in [5, 5.41) is 3.24. The van der Waals surface area contributed by atoms with Crippen LogP contribution >= 0.6 is 0 Å². The van der Waals surface area contributed by atoms with Gasteiger partial charge in [-0.25, -0.2) is 4.98 Å². The van der Waals surface area contributed by atoms with Gasteiger partial charge in [0.1, 0.15) is 17.8 Å². The molecule has 1 aromatic carbocycles. The molecule has 0 spiro atoms. The molecule has 1 aromatic heterocycles. The van der Waals surface area contributed by atoms with Gasteiger partial charge in [-0.1, -0.05) is 6.07 Å². The summed E-state index contributed by atoms with van der Waals surface area (Å²) in [4.78, 5) is 8.30. The second kappa shape index (κ2) is 5.60. The van der Waals surface area contributed by atoms with Crippen molar-refractivity contribution < 1.29 is 4.74 Å². The van der Waals surface area contributed by atoms with Crippen LogP contribution in [0.1, 0.15) is 31.9 Å². The number of hydrogen-bond donors (Lipinski definition) is 2. The molecule has 0 aliphatic heterocycles. The van der Waals surface area contributed by atoms with Gasteiger partial charge >= 0.3 is 0 Å². The van der Waals surface area contributed by atoms with E-state index in [4.69, 9.17) is 10.5 Å². The second-order valence-corrected chi connectivity index (χ2v) is 6.24. The Morgan fingerprint density at radius 2 is 1.67 bits per heavy atom. The molecule has 0 radical (unpaired) electrons. The van der Waals surface area contributed by atoms with Gasteiger partial charge in [-0.05, 0) is 57.9 Å². The number of benzene rings is 1. The lowest BCUT2D eigenvalue weighted by Crippen LogP contribution is -2.27. The smallest absolute Gasteiger partial charge is 0.248 e. The number of nitrogens with zero attached hydrogens (tertiary/aromatic N) is 2. The van der Waals surface area contributed by atoms with E-state index < -0.39 is 0 Å². The van der Waals surface area contributed by atoms with E-state index in [1.165, 1.54) is 6.33 Å². The summed E-state index contributed by atoms with van der Waals surface area (Å²) in [6.07, 6.45) is 1.45. The van der Waals surface area contributed by atoms with Gasteiger partial charge in [0.15, 0.2) is 5.82 Å². The summed E-state index contributed by atoms with van der Waals surface area (Å²) in [5.74, 6) is 1.67. The number of nitrogen functional groups attached to an aromatic ring is 1. The van der Waals surface area contributed by atoms with Crippen LogP contribution in [0.3, 0.4) is 0 Å². The number of ether oxygens (including phenoxy) is 1. The van der Waals surface area contributed by atoms with Crippen LogP contribution in [-0.4, -0.2) is 15.5 Å². The Labute approximate surface area is 125 Å². The third kappa shape index (κ3) is 4.08. The van der Waals surface area contributed by atoms with Crippen LogP contribution in [-0.2, 0) is 0 Å². The topological polar surface area (TPSA) is 73.1 Å². The summed E-state index contributed by atoms with van der Waals surface area (Å²) in [6, 6.07) is 5.99. The lowest BCUT2D eigenvalue weighted by molar-refractivity contribution is 0.463. The molecule has 0 amide bonds. The van der Waals surface area contributed by atoms with Gasteiger partial charge in [-0.3, -0.25) is 0 Å². The average Bonchev–Trinajstić information content (AvgIpc) is 2.31. The fraction of sp³-hybridized carbons (Fsp3) is 0.375. The number of aromatic nitrogens is 2. The van der Waals surface area contributed by atoms with E-state index in [1.54, 1.807) is 0 Å². The van der Waals surface area contributed by atoms with Gasteiger partial charge < -0.3 is 15.8 Å². The average molecular weight is 286 g/mol. The fourth-order valence-corrected chi connectivity index (χ4v) is 2.02. The van der Waals surface area contributed by atoms with E-state index in [9.17, 15) is 0 Å². The molecule has 2 rings (SSSR count). The Hall–Kier alpha value is -2.30. The van der Waals surface area contributed by atoms with Crippen molar-refractivity contribution in [2.24, 2.45) is 0 Å². The van der Waals surface area contributed by atoms with Gasteiger partial charge in [0.25, 0.3) is 0 Å². The predicted octanol–water partition coefficient (Wildman–Crippen LogP) is 3.68. The maximum Gasteiger partial charge on any atom is 0.248 e. The number of hydrogen-bond acceptors (Lipinski definition) is 5. The van der Waals surface area contributed by atoms with Crippen molar-refractivity contribution in [3.8, 4) is 11.6 Å². The Morgan fingerprint density at radius 1 is 1.05 bits per heavy atom. The first kappa shape index (κ1) is 15.1. The van der Waals surface area contributed by atoms with Crippen LogP contribution in [0.15, 0.2) is 24.5 Å². The third-order valence-corrected chi connectivity index (χ3v) is 2.75. The molecule has 3 N–H and O–H groups in total. The molecular weight excluding hydrogens is 264 g/mol.